The fraction of sp³-hybridized carbons (Fsp3) is 0.238. The Morgan fingerprint density at radius 3 is 2.47 bits per heavy atom. The zero-order valence-electron chi connectivity index (χ0n) is 16.5. The third-order valence-electron chi connectivity index (χ3n) is 4.51. The number of hydrogen-bond donors (Lipinski definition) is 2. The van der Waals surface area contributed by atoms with Gasteiger partial charge in [0.25, 0.3) is 5.91 Å². The van der Waals surface area contributed by atoms with Gasteiger partial charge in [-0.2, -0.15) is 0 Å². The van der Waals surface area contributed by atoms with Gasteiger partial charge >= 0.3 is 5.97 Å². The molecular formula is C21H21FN4O4. The quantitative estimate of drug-likeness (QED) is 0.589. The summed E-state index contributed by atoms with van der Waals surface area (Å²) >= 11 is 0. The maximum Gasteiger partial charge on any atom is 0.335 e. The monoisotopic (exact) mass is 412 g/mol. The maximum atomic E-state index is 13.0. The molecule has 0 bridgehead atoms. The molecule has 2 aromatic carbocycles. The van der Waals surface area contributed by atoms with Gasteiger partial charge in [0.05, 0.1) is 23.8 Å². The topological polar surface area (TPSA) is 106 Å². The molecule has 8 nitrogen and oxygen atoms in total. The van der Waals surface area contributed by atoms with Gasteiger partial charge < -0.3 is 15.2 Å². The predicted octanol–water partition coefficient (Wildman–Crippen LogP) is 2.99. The summed E-state index contributed by atoms with van der Waals surface area (Å²) in [5.41, 5.74) is 1.73. The number of nitrogens with zero attached hydrogens (tertiary/aromatic N) is 3. The zero-order chi connectivity index (χ0) is 21.7. The second-order valence-corrected chi connectivity index (χ2v) is 6.67. The van der Waals surface area contributed by atoms with E-state index >= 15 is 0 Å². The van der Waals surface area contributed by atoms with Gasteiger partial charge in [0, 0.05) is 0 Å². The fourth-order valence-electron chi connectivity index (χ4n) is 2.88. The molecule has 0 aliphatic carbocycles. The molecule has 1 atom stereocenters. The van der Waals surface area contributed by atoms with Crippen LogP contribution in [0.5, 0.6) is 5.75 Å². The number of carbonyl (C=O) groups is 2. The number of nitrogens with one attached hydrogen (secondary N) is 1. The molecule has 0 radical (unpaired) electrons. The van der Waals surface area contributed by atoms with Crippen LogP contribution in [-0.2, 0) is 6.54 Å². The third-order valence-corrected chi connectivity index (χ3v) is 4.51. The van der Waals surface area contributed by atoms with Crippen molar-refractivity contribution in [3.8, 4) is 5.75 Å². The summed E-state index contributed by atoms with van der Waals surface area (Å²) in [6.07, 6.45) is 0. The Morgan fingerprint density at radius 1 is 1.17 bits per heavy atom. The number of benzene rings is 2. The highest BCUT2D eigenvalue weighted by atomic mass is 19.1. The van der Waals surface area contributed by atoms with Gasteiger partial charge in [-0.15, -0.1) is 5.10 Å². The molecule has 0 aliphatic rings. The molecule has 0 saturated heterocycles. The Kier molecular flexibility index (Phi) is 6.41. The molecule has 1 heterocycles. The van der Waals surface area contributed by atoms with Crippen LogP contribution < -0.4 is 10.1 Å². The molecule has 30 heavy (non-hydrogen) atoms. The number of rotatable bonds is 8. The van der Waals surface area contributed by atoms with E-state index in [9.17, 15) is 14.0 Å². The van der Waals surface area contributed by atoms with Crippen molar-refractivity contribution < 1.29 is 23.8 Å². The van der Waals surface area contributed by atoms with Gasteiger partial charge in [-0.25, -0.2) is 13.9 Å². The van der Waals surface area contributed by atoms with Crippen LogP contribution >= 0.6 is 0 Å². The van der Waals surface area contributed by atoms with Crippen molar-refractivity contribution in [1.29, 1.82) is 0 Å². The highest BCUT2D eigenvalue weighted by Crippen LogP contribution is 2.16. The maximum absolute atomic E-state index is 13.0. The molecular weight excluding hydrogens is 391 g/mol. The number of aryl methyl sites for hydroxylation is 1. The number of carboxylic acid groups (broad SMARTS) is 1. The number of carboxylic acids is 1. The van der Waals surface area contributed by atoms with Crippen molar-refractivity contribution >= 4 is 11.9 Å². The van der Waals surface area contributed by atoms with Crippen LogP contribution in [0.4, 0.5) is 4.39 Å². The minimum atomic E-state index is -1.01. The van der Waals surface area contributed by atoms with E-state index in [1.807, 2.05) is 0 Å². The van der Waals surface area contributed by atoms with Gasteiger partial charge in [-0.1, -0.05) is 17.3 Å². The van der Waals surface area contributed by atoms with Gasteiger partial charge in [-0.05, 0) is 55.8 Å². The summed E-state index contributed by atoms with van der Waals surface area (Å²) in [7, 11) is 0. The number of halogens is 1. The molecule has 1 aromatic heterocycles. The van der Waals surface area contributed by atoms with Crippen LogP contribution in [0.1, 0.15) is 45.1 Å². The Morgan fingerprint density at radius 2 is 1.83 bits per heavy atom. The lowest BCUT2D eigenvalue weighted by atomic mass is 10.1. The summed E-state index contributed by atoms with van der Waals surface area (Å²) in [6, 6.07) is 11.6. The second-order valence-electron chi connectivity index (χ2n) is 6.67. The van der Waals surface area contributed by atoms with Crippen LogP contribution in [-0.4, -0.2) is 38.6 Å². The summed E-state index contributed by atoms with van der Waals surface area (Å²) in [5.74, 6) is -1.20. The molecule has 156 valence electrons. The number of carbonyl (C=O) groups excluding carboxylic acids is 1. The molecule has 3 rings (SSSR count). The number of amides is 1. The molecule has 3 aromatic rings. The number of aromatic carboxylic acids is 1. The fourth-order valence-corrected chi connectivity index (χ4v) is 2.88. The first-order valence-corrected chi connectivity index (χ1v) is 9.27. The van der Waals surface area contributed by atoms with Crippen LogP contribution in [0.15, 0.2) is 48.5 Å². The largest absolute Gasteiger partial charge is 0.492 e. The standard InChI is InChI=1S/C21H21FN4O4/c1-13(15-3-5-16(6-4-15)21(28)29)23-20(27)19-14(2)24-25-26(19)11-12-30-18-9-7-17(22)8-10-18/h3-10,13H,11-12H2,1-2H3,(H,23,27)(H,28,29). The van der Waals surface area contributed by atoms with Crippen LogP contribution in [0.25, 0.3) is 0 Å². The van der Waals surface area contributed by atoms with E-state index in [2.05, 4.69) is 15.6 Å². The van der Waals surface area contributed by atoms with Crippen molar-refractivity contribution in [3.63, 3.8) is 0 Å². The average molecular weight is 412 g/mol. The van der Waals surface area contributed by atoms with Crippen molar-refractivity contribution in [1.82, 2.24) is 20.3 Å². The SMILES string of the molecule is Cc1nnn(CCOc2ccc(F)cc2)c1C(=O)NC(C)c1ccc(C(=O)O)cc1. The second kappa shape index (κ2) is 9.17. The summed E-state index contributed by atoms with van der Waals surface area (Å²) in [4.78, 5) is 23.8. The first kappa shape index (κ1) is 21.0. The van der Waals surface area contributed by atoms with Gasteiger partial charge in [0.15, 0.2) is 0 Å². The molecule has 1 amide bonds. The van der Waals surface area contributed by atoms with Gasteiger partial charge in [0.2, 0.25) is 0 Å². The first-order chi connectivity index (χ1) is 14.3. The van der Waals surface area contributed by atoms with E-state index in [0.29, 0.717) is 17.1 Å². The summed E-state index contributed by atoms with van der Waals surface area (Å²) in [5, 5.41) is 19.8. The van der Waals surface area contributed by atoms with E-state index in [0.717, 1.165) is 5.56 Å². The molecule has 0 fully saturated rings. The van der Waals surface area contributed by atoms with E-state index in [1.54, 1.807) is 26.0 Å². The van der Waals surface area contributed by atoms with E-state index < -0.39 is 5.97 Å². The lowest BCUT2D eigenvalue weighted by Gasteiger charge is -2.15. The van der Waals surface area contributed by atoms with Crippen LogP contribution in [0, 0.1) is 12.7 Å². The minimum absolute atomic E-state index is 0.177. The zero-order valence-corrected chi connectivity index (χ0v) is 16.5. The Labute approximate surface area is 172 Å². The lowest BCUT2D eigenvalue weighted by molar-refractivity contribution is 0.0696. The van der Waals surface area contributed by atoms with E-state index in [-0.39, 0.29) is 36.5 Å². The number of aromatic nitrogens is 3. The van der Waals surface area contributed by atoms with Crippen molar-refractivity contribution in [3.05, 3.63) is 76.9 Å². The Bertz CT molecular complexity index is 1030. The number of ether oxygens (including phenoxy) is 1. The molecule has 2 N–H and O–H groups in total. The average Bonchev–Trinajstić information content (AvgIpc) is 3.10. The highest BCUT2D eigenvalue weighted by molar-refractivity contribution is 5.93. The van der Waals surface area contributed by atoms with Gasteiger partial charge in [0.1, 0.15) is 23.9 Å². The van der Waals surface area contributed by atoms with Crippen molar-refractivity contribution in [2.45, 2.75) is 26.4 Å². The summed E-state index contributed by atoms with van der Waals surface area (Å²) < 4.78 is 20.0. The van der Waals surface area contributed by atoms with E-state index in [1.165, 1.54) is 41.1 Å². The third kappa shape index (κ3) is 4.99. The first-order valence-electron chi connectivity index (χ1n) is 9.27. The molecule has 0 saturated carbocycles. The highest BCUT2D eigenvalue weighted by Gasteiger charge is 2.20. The Balaban J connectivity index is 1.63. The summed E-state index contributed by atoms with van der Waals surface area (Å²) in [6.45, 7) is 3.99. The van der Waals surface area contributed by atoms with E-state index in [4.69, 9.17) is 9.84 Å². The molecule has 9 heteroatoms. The molecule has 1 unspecified atom stereocenters. The smallest absolute Gasteiger partial charge is 0.335 e. The lowest BCUT2D eigenvalue weighted by Crippen LogP contribution is -2.30. The molecule has 0 spiro atoms. The minimum Gasteiger partial charge on any atom is -0.492 e. The van der Waals surface area contributed by atoms with Crippen LogP contribution in [0.3, 0.4) is 0 Å². The predicted molar refractivity (Wildman–Crippen MR) is 106 cm³/mol. The normalized spacial score (nSPS) is 11.7. The van der Waals surface area contributed by atoms with Gasteiger partial charge in [-0.3, -0.25) is 4.79 Å². The number of hydrogen-bond acceptors (Lipinski definition) is 5. The van der Waals surface area contributed by atoms with Crippen LogP contribution in [0.2, 0.25) is 0 Å². The van der Waals surface area contributed by atoms with Crippen molar-refractivity contribution in [2.24, 2.45) is 0 Å². The molecule has 0 aliphatic heterocycles. The Hall–Kier alpha value is -3.75. The van der Waals surface area contributed by atoms with Crippen molar-refractivity contribution in [2.75, 3.05) is 6.61 Å².